The number of ether oxygens (including phenoxy) is 3. The van der Waals surface area contributed by atoms with Gasteiger partial charge in [-0.3, -0.25) is 0 Å². The number of rotatable bonds is 0. The van der Waals surface area contributed by atoms with Crippen LogP contribution in [0, 0.1) is 0 Å². The minimum atomic E-state index is -1.16. The summed E-state index contributed by atoms with van der Waals surface area (Å²) in [6.07, 6.45) is 2.36. The molecule has 2 aliphatic heterocycles. The lowest BCUT2D eigenvalue weighted by molar-refractivity contribution is -0.233. The van der Waals surface area contributed by atoms with Crippen LogP contribution in [-0.4, -0.2) is 35.4 Å². The lowest BCUT2D eigenvalue weighted by Gasteiger charge is -2.32. The number of cyclic esters (lactones) is 1. The molecule has 84 valence electrons. The minimum absolute atomic E-state index is 0.505. The predicted octanol–water partition coefficient (Wildman–Crippen LogP) is 0.306. The highest BCUT2D eigenvalue weighted by Gasteiger charge is 2.58. The van der Waals surface area contributed by atoms with Crippen LogP contribution in [0.5, 0.6) is 0 Å². The lowest BCUT2D eigenvalue weighted by Crippen LogP contribution is -2.36. The van der Waals surface area contributed by atoms with E-state index < -0.39 is 30.3 Å². The number of aliphatic hydroxyl groups is 1. The van der Waals surface area contributed by atoms with E-state index in [0.717, 1.165) is 25.7 Å². The minimum Gasteiger partial charge on any atom is -0.431 e. The standard InChI is InChI=1S/C10H14O5/c11-8-6-7(9(12)13-8)15-10(14-6)4-2-1-3-5-10/h6-8,11H,1-5H2/t6-,7+,8?/m0/s1. The van der Waals surface area contributed by atoms with Gasteiger partial charge in [-0.15, -0.1) is 0 Å². The van der Waals surface area contributed by atoms with Crippen LogP contribution in [-0.2, 0) is 19.0 Å². The van der Waals surface area contributed by atoms with E-state index in [4.69, 9.17) is 9.47 Å². The van der Waals surface area contributed by atoms with E-state index in [-0.39, 0.29) is 0 Å². The van der Waals surface area contributed by atoms with E-state index in [2.05, 4.69) is 4.74 Å². The van der Waals surface area contributed by atoms with Crippen molar-refractivity contribution in [3.63, 3.8) is 0 Å². The van der Waals surface area contributed by atoms with Crippen molar-refractivity contribution < 1.29 is 24.1 Å². The first kappa shape index (κ1) is 9.57. The molecule has 3 atom stereocenters. The molecule has 0 aromatic rings. The fraction of sp³-hybridized carbons (Fsp3) is 0.900. The van der Waals surface area contributed by atoms with Crippen LogP contribution in [0.2, 0.25) is 0 Å². The third-order valence-corrected chi connectivity index (χ3v) is 3.36. The van der Waals surface area contributed by atoms with E-state index >= 15 is 0 Å². The van der Waals surface area contributed by atoms with Gasteiger partial charge in [0.25, 0.3) is 0 Å². The Balaban J connectivity index is 1.79. The van der Waals surface area contributed by atoms with Crippen molar-refractivity contribution in [3.8, 4) is 0 Å². The van der Waals surface area contributed by atoms with Gasteiger partial charge in [-0.25, -0.2) is 4.79 Å². The molecular weight excluding hydrogens is 200 g/mol. The Bertz CT molecular complexity index is 284. The van der Waals surface area contributed by atoms with Crippen LogP contribution in [0.1, 0.15) is 32.1 Å². The van der Waals surface area contributed by atoms with E-state index in [9.17, 15) is 9.90 Å². The summed E-state index contributed by atoms with van der Waals surface area (Å²) in [6, 6.07) is 0. The predicted molar refractivity (Wildman–Crippen MR) is 47.7 cm³/mol. The summed E-state index contributed by atoms with van der Waals surface area (Å²) in [6.45, 7) is 0. The molecule has 0 aromatic carbocycles. The van der Waals surface area contributed by atoms with Crippen LogP contribution in [0.15, 0.2) is 0 Å². The maximum atomic E-state index is 11.3. The smallest absolute Gasteiger partial charge is 0.340 e. The molecule has 2 heterocycles. The molecular formula is C10H14O5. The Kier molecular flexibility index (Phi) is 2.02. The second-order valence-electron chi connectivity index (χ2n) is 4.42. The largest absolute Gasteiger partial charge is 0.431 e. The molecule has 1 spiro atoms. The molecule has 2 saturated heterocycles. The second-order valence-corrected chi connectivity index (χ2v) is 4.42. The van der Waals surface area contributed by atoms with Gasteiger partial charge < -0.3 is 19.3 Å². The van der Waals surface area contributed by atoms with Gasteiger partial charge in [0.1, 0.15) is 0 Å². The fourth-order valence-electron chi connectivity index (χ4n) is 2.61. The molecule has 5 nitrogen and oxygen atoms in total. The lowest BCUT2D eigenvalue weighted by atomic mass is 9.94. The van der Waals surface area contributed by atoms with Gasteiger partial charge in [-0.2, -0.15) is 0 Å². The molecule has 3 fully saturated rings. The SMILES string of the molecule is O=C1OC(O)[C@H]2OC3(CCCCC3)O[C@@H]12. The molecule has 1 aliphatic carbocycles. The molecule has 0 radical (unpaired) electrons. The molecule has 3 rings (SSSR count). The van der Waals surface area contributed by atoms with Crippen LogP contribution >= 0.6 is 0 Å². The van der Waals surface area contributed by atoms with Gasteiger partial charge in [-0.05, 0) is 12.8 Å². The summed E-state index contributed by atoms with van der Waals surface area (Å²) in [4.78, 5) is 11.3. The maximum Gasteiger partial charge on any atom is 0.340 e. The van der Waals surface area contributed by atoms with Gasteiger partial charge in [0.2, 0.25) is 6.29 Å². The highest BCUT2D eigenvalue weighted by atomic mass is 16.8. The van der Waals surface area contributed by atoms with Gasteiger partial charge in [0, 0.05) is 12.8 Å². The third kappa shape index (κ3) is 1.38. The Morgan fingerprint density at radius 2 is 1.93 bits per heavy atom. The molecule has 0 bridgehead atoms. The molecule has 3 aliphatic rings. The molecule has 15 heavy (non-hydrogen) atoms. The number of aliphatic hydroxyl groups excluding tert-OH is 1. The summed E-state index contributed by atoms with van der Waals surface area (Å²) in [7, 11) is 0. The summed E-state index contributed by atoms with van der Waals surface area (Å²) in [5.74, 6) is -1.14. The highest BCUT2D eigenvalue weighted by Crippen LogP contribution is 2.43. The number of carbonyl (C=O) groups is 1. The van der Waals surface area contributed by atoms with Crippen molar-refractivity contribution in [2.45, 2.75) is 56.4 Å². The molecule has 0 aromatic heterocycles. The first-order chi connectivity index (χ1) is 7.20. The third-order valence-electron chi connectivity index (χ3n) is 3.36. The van der Waals surface area contributed by atoms with Crippen molar-refractivity contribution in [2.75, 3.05) is 0 Å². The summed E-state index contributed by atoms with van der Waals surface area (Å²) in [5.41, 5.74) is 0. The zero-order chi connectivity index (χ0) is 10.5. The normalized spacial score (nSPS) is 43.0. The Labute approximate surface area is 87.3 Å². The van der Waals surface area contributed by atoms with Crippen molar-refractivity contribution >= 4 is 5.97 Å². The first-order valence-electron chi connectivity index (χ1n) is 5.44. The van der Waals surface area contributed by atoms with Crippen LogP contribution in [0.3, 0.4) is 0 Å². The molecule has 1 unspecified atom stereocenters. The summed E-state index contributed by atoms with van der Waals surface area (Å²) >= 11 is 0. The molecule has 1 N–H and O–H groups in total. The quantitative estimate of drug-likeness (QED) is 0.588. The van der Waals surface area contributed by atoms with Crippen molar-refractivity contribution in [2.24, 2.45) is 0 Å². The zero-order valence-electron chi connectivity index (χ0n) is 8.35. The van der Waals surface area contributed by atoms with Crippen LogP contribution in [0.25, 0.3) is 0 Å². The Morgan fingerprint density at radius 3 is 2.60 bits per heavy atom. The van der Waals surface area contributed by atoms with E-state index in [1.807, 2.05) is 0 Å². The Morgan fingerprint density at radius 1 is 1.20 bits per heavy atom. The Hall–Kier alpha value is -0.650. The van der Waals surface area contributed by atoms with E-state index in [0.29, 0.717) is 0 Å². The summed E-state index contributed by atoms with van der Waals surface area (Å²) < 4.78 is 15.9. The summed E-state index contributed by atoms with van der Waals surface area (Å²) in [5, 5.41) is 9.44. The van der Waals surface area contributed by atoms with E-state index in [1.54, 1.807) is 0 Å². The number of carbonyl (C=O) groups excluding carboxylic acids is 1. The molecule has 0 amide bonds. The molecule has 5 heteroatoms. The van der Waals surface area contributed by atoms with Crippen LogP contribution in [0.4, 0.5) is 0 Å². The van der Waals surface area contributed by atoms with Crippen molar-refractivity contribution in [1.29, 1.82) is 0 Å². The number of esters is 1. The van der Waals surface area contributed by atoms with Gasteiger partial charge in [0.15, 0.2) is 18.0 Å². The number of hydrogen-bond acceptors (Lipinski definition) is 5. The van der Waals surface area contributed by atoms with Gasteiger partial charge in [-0.1, -0.05) is 6.42 Å². The average Bonchev–Trinajstić information content (AvgIpc) is 2.69. The monoisotopic (exact) mass is 214 g/mol. The van der Waals surface area contributed by atoms with E-state index in [1.165, 1.54) is 6.42 Å². The van der Waals surface area contributed by atoms with Crippen molar-refractivity contribution in [1.82, 2.24) is 0 Å². The second kappa shape index (κ2) is 3.17. The van der Waals surface area contributed by atoms with Gasteiger partial charge in [0.05, 0.1) is 0 Å². The van der Waals surface area contributed by atoms with Gasteiger partial charge >= 0.3 is 5.97 Å². The highest BCUT2D eigenvalue weighted by molar-refractivity contribution is 5.78. The zero-order valence-corrected chi connectivity index (χ0v) is 8.35. The van der Waals surface area contributed by atoms with Crippen LogP contribution < -0.4 is 0 Å². The average molecular weight is 214 g/mol. The van der Waals surface area contributed by atoms with Crippen molar-refractivity contribution in [3.05, 3.63) is 0 Å². The first-order valence-corrected chi connectivity index (χ1v) is 5.44. The molecule has 1 saturated carbocycles. The topological polar surface area (TPSA) is 65.0 Å². The maximum absolute atomic E-state index is 11.3. The number of hydrogen-bond donors (Lipinski definition) is 1. The fourth-order valence-corrected chi connectivity index (χ4v) is 2.61. The number of fused-ring (bicyclic) bond motifs is 1.